The molecule has 2 N–H and O–H groups in total. The van der Waals surface area contributed by atoms with E-state index in [1.54, 1.807) is 4.90 Å². The lowest BCUT2D eigenvalue weighted by Gasteiger charge is -2.51. The van der Waals surface area contributed by atoms with Crippen molar-refractivity contribution in [1.82, 2.24) is 4.90 Å². The minimum absolute atomic E-state index is 0. The molecule has 1 unspecified atom stereocenters. The van der Waals surface area contributed by atoms with E-state index in [1.807, 2.05) is 20.8 Å². The second-order valence-electron chi connectivity index (χ2n) is 6.35. The summed E-state index contributed by atoms with van der Waals surface area (Å²) in [4.78, 5) is 14.0. The van der Waals surface area contributed by atoms with Gasteiger partial charge < -0.3 is 15.2 Å². The van der Waals surface area contributed by atoms with Gasteiger partial charge in [-0.1, -0.05) is 0 Å². The number of halogens is 1. The second kappa shape index (κ2) is 5.85. The van der Waals surface area contributed by atoms with E-state index in [1.165, 1.54) is 6.42 Å². The lowest BCUT2D eigenvalue weighted by atomic mass is 9.78. The van der Waals surface area contributed by atoms with Crippen LogP contribution >= 0.6 is 12.4 Å². The van der Waals surface area contributed by atoms with Gasteiger partial charge in [0, 0.05) is 6.54 Å². The number of amides is 1. The quantitative estimate of drug-likeness (QED) is 0.802. The summed E-state index contributed by atoms with van der Waals surface area (Å²) < 4.78 is 11.3. The van der Waals surface area contributed by atoms with Crippen LogP contribution < -0.4 is 5.73 Å². The molecule has 0 bridgehead atoms. The van der Waals surface area contributed by atoms with Gasteiger partial charge in [-0.15, -0.1) is 12.4 Å². The first-order chi connectivity index (χ1) is 8.35. The van der Waals surface area contributed by atoms with E-state index in [-0.39, 0.29) is 30.1 Å². The van der Waals surface area contributed by atoms with Crippen molar-refractivity contribution in [1.29, 1.82) is 0 Å². The van der Waals surface area contributed by atoms with E-state index in [4.69, 9.17) is 15.2 Å². The van der Waals surface area contributed by atoms with Crippen molar-refractivity contribution in [3.8, 4) is 0 Å². The molecule has 1 heterocycles. The third-order valence-electron chi connectivity index (χ3n) is 3.65. The highest BCUT2D eigenvalue weighted by molar-refractivity contribution is 5.85. The average molecular weight is 293 g/mol. The number of carbonyl (C=O) groups excluding carboxylic acids is 1. The van der Waals surface area contributed by atoms with Gasteiger partial charge in [0.15, 0.2) is 0 Å². The van der Waals surface area contributed by atoms with Crippen LogP contribution in [0.1, 0.15) is 40.0 Å². The SMILES string of the molecule is CC(C)(C)OC(=O)N1CC2(CCC2)OCC1CN.Cl. The van der Waals surface area contributed by atoms with E-state index in [0.29, 0.717) is 19.7 Å². The molecule has 1 amide bonds. The Bertz CT molecular complexity index is 326. The Morgan fingerprint density at radius 3 is 2.53 bits per heavy atom. The summed E-state index contributed by atoms with van der Waals surface area (Å²) in [6.07, 6.45) is 2.97. The summed E-state index contributed by atoms with van der Waals surface area (Å²) in [5.41, 5.74) is 5.12. The molecule has 1 aliphatic carbocycles. The van der Waals surface area contributed by atoms with Crippen LogP contribution in [0.2, 0.25) is 0 Å². The Labute approximate surface area is 121 Å². The molecule has 2 aliphatic rings. The largest absolute Gasteiger partial charge is 0.444 e. The zero-order valence-electron chi connectivity index (χ0n) is 12.0. The summed E-state index contributed by atoms with van der Waals surface area (Å²) in [6.45, 7) is 7.18. The molecule has 1 saturated heterocycles. The molecule has 2 rings (SSSR count). The first-order valence-electron chi connectivity index (χ1n) is 6.69. The summed E-state index contributed by atoms with van der Waals surface area (Å²) >= 11 is 0. The van der Waals surface area contributed by atoms with Gasteiger partial charge in [-0.3, -0.25) is 4.90 Å². The predicted octanol–water partition coefficient (Wildman–Crippen LogP) is 1.93. The Hall–Kier alpha value is -0.520. The second-order valence-corrected chi connectivity index (χ2v) is 6.35. The number of rotatable bonds is 1. The number of hydrogen-bond acceptors (Lipinski definition) is 4. The zero-order chi connectivity index (χ0) is 13.4. The number of hydrogen-bond donors (Lipinski definition) is 1. The van der Waals surface area contributed by atoms with Gasteiger partial charge in [0.2, 0.25) is 0 Å². The molecule has 2 fully saturated rings. The molecule has 19 heavy (non-hydrogen) atoms. The zero-order valence-corrected chi connectivity index (χ0v) is 12.8. The lowest BCUT2D eigenvalue weighted by Crippen LogP contribution is -2.63. The van der Waals surface area contributed by atoms with Gasteiger partial charge in [0.05, 0.1) is 24.8 Å². The first kappa shape index (κ1) is 16.5. The van der Waals surface area contributed by atoms with Crippen LogP contribution in [0.15, 0.2) is 0 Å². The maximum Gasteiger partial charge on any atom is 0.410 e. The monoisotopic (exact) mass is 292 g/mol. The molecule has 1 atom stereocenters. The third-order valence-corrected chi connectivity index (χ3v) is 3.65. The fourth-order valence-corrected chi connectivity index (χ4v) is 2.45. The van der Waals surface area contributed by atoms with Crippen molar-refractivity contribution in [2.75, 3.05) is 19.7 Å². The van der Waals surface area contributed by atoms with Crippen molar-refractivity contribution in [2.45, 2.75) is 57.3 Å². The first-order valence-corrected chi connectivity index (χ1v) is 6.69. The molecule has 1 saturated carbocycles. The van der Waals surface area contributed by atoms with Crippen molar-refractivity contribution < 1.29 is 14.3 Å². The highest BCUT2D eigenvalue weighted by atomic mass is 35.5. The van der Waals surface area contributed by atoms with Crippen molar-refractivity contribution >= 4 is 18.5 Å². The van der Waals surface area contributed by atoms with Gasteiger partial charge in [-0.05, 0) is 40.0 Å². The molecule has 6 heteroatoms. The Balaban J connectivity index is 0.00000180. The maximum absolute atomic E-state index is 12.2. The highest BCUT2D eigenvalue weighted by Crippen LogP contribution is 2.39. The molecule has 1 aliphatic heterocycles. The van der Waals surface area contributed by atoms with E-state index in [2.05, 4.69) is 0 Å². The average Bonchev–Trinajstić information content (AvgIpc) is 2.23. The molecular weight excluding hydrogens is 268 g/mol. The number of nitrogens with two attached hydrogens (primary N) is 1. The molecule has 5 nitrogen and oxygen atoms in total. The smallest absolute Gasteiger partial charge is 0.410 e. The molecule has 0 aromatic heterocycles. The number of nitrogens with zero attached hydrogens (tertiary/aromatic N) is 1. The van der Waals surface area contributed by atoms with Crippen LogP contribution in [-0.4, -0.2) is 47.9 Å². The molecular formula is C13H25ClN2O3. The normalized spacial score (nSPS) is 25.5. The summed E-state index contributed by atoms with van der Waals surface area (Å²) in [6, 6.07) is -0.0638. The summed E-state index contributed by atoms with van der Waals surface area (Å²) in [7, 11) is 0. The fraction of sp³-hybridized carbons (Fsp3) is 0.923. The van der Waals surface area contributed by atoms with Gasteiger partial charge in [-0.2, -0.15) is 0 Å². The van der Waals surface area contributed by atoms with Crippen LogP contribution in [0.3, 0.4) is 0 Å². The minimum Gasteiger partial charge on any atom is -0.444 e. The van der Waals surface area contributed by atoms with Crippen LogP contribution in [-0.2, 0) is 9.47 Å². The Morgan fingerprint density at radius 1 is 1.47 bits per heavy atom. The van der Waals surface area contributed by atoms with E-state index >= 15 is 0 Å². The van der Waals surface area contributed by atoms with Gasteiger partial charge in [-0.25, -0.2) is 4.79 Å². The maximum atomic E-state index is 12.2. The molecule has 112 valence electrons. The van der Waals surface area contributed by atoms with Crippen molar-refractivity contribution in [3.05, 3.63) is 0 Å². The van der Waals surface area contributed by atoms with Crippen LogP contribution in [0.5, 0.6) is 0 Å². The van der Waals surface area contributed by atoms with Crippen LogP contribution in [0, 0.1) is 0 Å². The van der Waals surface area contributed by atoms with Gasteiger partial charge in [0.1, 0.15) is 5.60 Å². The fourth-order valence-electron chi connectivity index (χ4n) is 2.45. The van der Waals surface area contributed by atoms with E-state index in [9.17, 15) is 4.79 Å². The molecule has 0 aromatic rings. The Kier molecular flexibility index (Phi) is 5.09. The van der Waals surface area contributed by atoms with Gasteiger partial charge in [0.25, 0.3) is 0 Å². The molecule has 0 radical (unpaired) electrons. The predicted molar refractivity (Wildman–Crippen MR) is 75.6 cm³/mol. The van der Waals surface area contributed by atoms with Crippen molar-refractivity contribution in [3.63, 3.8) is 0 Å². The number of carbonyl (C=O) groups is 1. The Morgan fingerprint density at radius 2 is 2.11 bits per heavy atom. The van der Waals surface area contributed by atoms with E-state index < -0.39 is 5.60 Å². The standard InChI is InChI=1S/C13H24N2O3.ClH/c1-12(2,3)18-11(16)15-9-13(5-4-6-13)17-8-10(15)7-14;/h10H,4-9,14H2,1-3H3;1H. The number of ether oxygens (including phenoxy) is 2. The third kappa shape index (κ3) is 3.74. The van der Waals surface area contributed by atoms with Crippen molar-refractivity contribution in [2.24, 2.45) is 5.73 Å². The summed E-state index contributed by atoms with van der Waals surface area (Å²) in [5.74, 6) is 0. The van der Waals surface area contributed by atoms with Gasteiger partial charge >= 0.3 is 6.09 Å². The topological polar surface area (TPSA) is 64.8 Å². The summed E-state index contributed by atoms with van der Waals surface area (Å²) in [5, 5.41) is 0. The number of morpholine rings is 1. The lowest BCUT2D eigenvalue weighted by molar-refractivity contribution is -0.165. The molecule has 0 aromatic carbocycles. The molecule has 1 spiro atoms. The highest BCUT2D eigenvalue weighted by Gasteiger charge is 2.46. The van der Waals surface area contributed by atoms with E-state index in [0.717, 1.165) is 12.8 Å². The van der Waals surface area contributed by atoms with Crippen LogP contribution in [0.4, 0.5) is 4.79 Å². The van der Waals surface area contributed by atoms with Crippen LogP contribution in [0.25, 0.3) is 0 Å². The minimum atomic E-state index is -0.471.